The van der Waals surface area contributed by atoms with Crippen LogP contribution in [0.2, 0.25) is 0 Å². The molecule has 0 aromatic carbocycles. The summed E-state index contributed by atoms with van der Waals surface area (Å²) in [5.74, 6) is -0.0249. The Morgan fingerprint density at radius 3 is 2.69 bits per heavy atom. The van der Waals surface area contributed by atoms with Gasteiger partial charge in [-0.25, -0.2) is 0 Å². The predicted molar refractivity (Wildman–Crippen MR) is 71.6 cm³/mol. The Balaban J connectivity index is 2.47. The minimum absolute atomic E-state index is 0.0249. The van der Waals surface area contributed by atoms with Gasteiger partial charge in [0, 0.05) is 28.3 Å². The van der Waals surface area contributed by atoms with Crippen molar-refractivity contribution < 1.29 is 4.79 Å². The molecule has 1 aromatic heterocycles. The molecular weight excluding hydrogens is 288 g/mol. The van der Waals surface area contributed by atoms with Crippen molar-refractivity contribution in [1.82, 2.24) is 4.90 Å². The third-order valence-corrected chi connectivity index (χ3v) is 3.97. The highest BCUT2D eigenvalue weighted by molar-refractivity contribution is 9.10. The van der Waals surface area contributed by atoms with Gasteiger partial charge in [-0.05, 0) is 42.3 Å². The molecular formula is C11H17BrN2OS. The summed E-state index contributed by atoms with van der Waals surface area (Å²) in [5.41, 5.74) is 4.97. The summed E-state index contributed by atoms with van der Waals surface area (Å²) in [4.78, 5) is 14.7. The molecule has 1 amide bonds. The van der Waals surface area contributed by atoms with Crippen LogP contribution in [-0.2, 0) is 11.2 Å². The molecule has 0 fully saturated rings. The van der Waals surface area contributed by atoms with E-state index in [-0.39, 0.29) is 5.91 Å². The highest BCUT2D eigenvalue weighted by Crippen LogP contribution is 2.20. The fourth-order valence-corrected chi connectivity index (χ4v) is 2.80. The number of thiophene rings is 1. The molecule has 1 heterocycles. The van der Waals surface area contributed by atoms with Crippen LogP contribution in [0.1, 0.15) is 18.7 Å². The highest BCUT2D eigenvalue weighted by atomic mass is 79.9. The predicted octanol–water partition coefficient (Wildman–Crippen LogP) is 2.25. The smallest absolute Gasteiger partial charge is 0.241 e. The molecule has 1 aromatic rings. The number of rotatable bonds is 4. The molecule has 0 atom stereocenters. The van der Waals surface area contributed by atoms with Gasteiger partial charge >= 0.3 is 0 Å². The highest BCUT2D eigenvalue weighted by Gasteiger charge is 2.25. The number of hydrogen-bond acceptors (Lipinski definition) is 3. The van der Waals surface area contributed by atoms with Crippen LogP contribution < -0.4 is 5.73 Å². The Morgan fingerprint density at radius 1 is 1.62 bits per heavy atom. The van der Waals surface area contributed by atoms with Gasteiger partial charge in [0.15, 0.2) is 0 Å². The summed E-state index contributed by atoms with van der Waals surface area (Å²) in [7, 11) is 1.79. The summed E-state index contributed by atoms with van der Waals surface area (Å²) in [6, 6.07) is 2.08. The number of carbonyl (C=O) groups is 1. The Kier molecular flexibility index (Phi) is 4.52. The van der Waals surface area contributed by atoms with Crippen molar-refractivity contribution in [3.05, 3.63) is 20.8 Å². The quantitative estimate of drug-likeness (QED) is 0.927. The Hall–Kier alpha value is -0.390. The molecule has 0 aliphatic heterocycles. The first-order valence-electron chi connectivity index (χ1n) is 5.08. The molecule has 0 saturated heterocycles. The lowest BCUT2D eigenvalue weighted by Crippen LogP contribution is -2.50. The molecule has 90 valence electrons. The normalized spacial score (nSPS) is 11.6. The van der Waals surface area contributed by atoms with Gasteiger partial charge < -0.3 is 10.6 Å². The number of nitrogens with two attached hydrogens (primary N) is 1. The molecule has 0 bridgehead atoms. The average Bonchev–Trinajstić information content (AvgIpc) is 2.58. The Bertz CT molecular complexity index is 370. The zero-order valence-electron chi connectivity index (χ0n) is 9.79. The number of carbonyl (C=O) groups excluding carboxylic acids is 1. The van der Waals surface area contributed by atoms with Crippen LogP contribution in [-0.4, -0.2) is 29.9 Å². The van der Waals surface area contributed by atoms with Crippen molar-refractivity contribution in [3.63, 3.8) is 0 Å². The lowest BCUT2D eigenvalue weighted by atomic mass is 10.1. The minimum atomic E-state index is -0.787. The fourth-order valence-electron chi connectivity index (χ4n) is 1.36. The lowest BCUT2D eigenvalue weighted by Gasteiger charge is -2.25. The molecule has 0 radical (unpaired) electrons. The van der Waals surface area contributed by atoms with Gasteiger partial charge in [0.05, 0.1) is 5.54 Å². The maximum Gasteiger partial charge on any atom is 0.241 e. The van der Waals surface area contributed by atoms with Crippen molar-refractivity contribution in [3.8, 4) is 0 Å². The van der Waals surface area contributed by atoms with Gasteiger partial charge in [0.2, 0.25) is 5.91 Å². The summed E-state index contributed by atoms with van der Waals surface area (Å²) in [5, 5.41) is 2.05. The third-order valence-electron chi connectivity index (χ3n) is 2.21. The first kappa shape index (κ1) is 13.7. The second-order valence-electron chi connectivity index (χ2n) is 4.43. The van der Waals surface area contributed by atoms with Gasteiger partial charge in [-0.2, -0.15) is 0 Å². The van der Waals surface area contributed by atoms with Gasteiger partial charge in [-0.15, -0.1) is 11.3 Å². The van der Waals surface area contributed by atoms with Crippen molar-refractivity contribution in [1.29, 1.82) is 0 Å². The van der Waals surface area contributed by atoms with E-state index in [0.29, 0.717) is 6.54 Å². The van der Waals surface area contributed by atoms with Crippen molar-refractivity contribution >= 4 is 33.2 Å². The van der Waals surface area contributed by atoms with Gasteiger partial charge in [0.1, 0.15) is 0 Å². The number of hydrogen-bond donors (Lipinski definition) is 1. The molecule has 0 aliphatic rings. The lowest BCUT2D eigenvalue weighted by molar-refractivity contribution is -0.134. The van der Waals surface area contributed by atoms with Crippen LogP contribution in [0.15, 0.2) is 15.9 Å². The van der Waals surface area contributed by atoms with E-state index in [0.717, 1.165) is 10.9 Å². The first-order valence-corrected chi connectivity index (χ1v) is 6.75. The largest absolute Gasteiger partial charge is 0.344 e. The summed E-state index contributed by atoms with van der Waals surface area (Å²) >= 11 is 5.10. The zero-order chi connectivity index (χ0) is 12.3. The van der Waals surface area contributed by atoms with E-state index in [1.165, 1.54) is 4.88 Å². The van der Waals surface area contributed by atoms with Crippen LogP contribution in [0.4, 0.5) is 0 Å². The molecule has 0 spiro atoms. The topological polar surface area (TPSA) is 46.3 Å². The van der Waals surface area contributed by atoms with Crippen LogP contribution in [0.5, 0.6) is 0 Å². The second-order valence-corrected chi connectivity index (χ2v) is 6.34. The van der Waals surface area contributed by atoms with Gasteiger partial charge in [-0.3, -0.25) is 4.79 Å². The molecule has 0 unspecified atom stereocenters. The minimum Gasteiger partial charge on any atom is -0.344 e. The monoisotopic (exact) mass is 304 g/mol. The average molecular weight is 305 g/mol. The molecule has 5 heteroatoms. The van der Waals surface area contributed by atoms with Crippen LogP contribution in [0.3, 0.4) is 0 Å². The zero-order valence-corrected chi connectivity index (χ0v) is 12.2. The molecule has 1 rings (SSSR count). The van der Waals surface area contributed by atoms with Crippen LogP contribution >= 0.6 is 27.3 Å². The van der Waals surface area contributed by atoms with E-state index in [2.05, 4.69) is 22.0 Å². The number of nitrogens with zero attached hydrogens (tertiary/aromatic N) is 1. The van der Waals surface area contributed by atoms with E-state index in [1.807, 2.05) is 5.38 Å². The number of halogens is 1. The van der Waals surface area contributed by atoms with Crippen molar-refractivity contribution in [2.24, 2.45) is 5.73 Å². The van der Waals surface area contributed by atoms with Gasteiger partial charge in [0.25, 0.3) is 0 Å². The molecule has 0 saturated carbocycles. The number of likely N-dealkylation sites (N-methyl/N-ethyl adjacent to an activating group) is 1. The summed E-state index contributed by atoms with van der Waals surface area (Å²) < 4.78 is 1.10. The Morgan fingerprint density at radius 2 is 2.25 bits per heavy atom. The van der Waals surface area contributed by atoms with E-state index in [4.69, 9.17) is 5.73 Å². The summed E-state index contributed by atoms with van der Waals surface area (Å²) in [6.07, 6.45) is 0.870. The van der Waals surface area contributed by atoms with E-state index in [1.54, 1.807) is 37.1 Å². The SMILES string of the molecule is CN(CCc1cc(Br)cs1)C(=O)C(C)(C)N. The molecule has 16 heavy (non-hydrogen) atoms. The molecule has 3 nitrogen and oxygen atoms in total. The van der Waals surface area contributed by atoms with Crippen LogP contribution in [0, 0.1) is 0 Å². The molecule has 2 N–H and O–H groups in total. The summed E-state index contributed by atoms with van der Waals surface area (Å²) in [6.45, 7) is 4.16. The van der Waals surface area contributed by atoms with Crippen molar-refractivity contribution in [2.75, 3.05) is 13.6 Å². The maximum atomic E-state index is 11.8. The van der Waals surface area contributed by atoms with Crippen LogP contribution in [0.25, 0.3) is 0 Å². The van der Waals surface area contributed by atoms with E-state index >= 15 is 0 Å². The fraction of sp³-hybridized carbons (Fsp3) is 0.545. The van der Waals surface area contributed by atoms with Crippen molar-refractivity contribution in [2.45, 2.75) is 25.8 Å². The Labute approximate surface area is 109 Å². The van der Waals surface area contributed by atoms with E-state index < -0.39 is 5.54 Å². The first-order chi connectivity index (χ1) is 7.30. The maximum absolute atomic E-state index is 11.8. The molecule has 0 aliphatic carbocycles. The second kappa shape index (κ2) is 5.29. The third kappa shape index (κ3) is 3.88. The van der Waals surface area contributed by atoms with Gasteiger partial charge in [-0.1, -0.05) is 0 Å². The van der Waals surface area contributed by atoms with E-state index in [9.17, 15) is 4.79 Å². The standard InChI is InChI=1S/C11H17BrN2OS/c1-11(2,13)10(15)14(3)5-4-9-6-8(12)7-16-9/h6-7H,4-5,13H2,1-3H3. The number of amides is 1.